The number of hydrogen-bond acceptors (Lipinski definition) is 3. The molecule has 0 unspecified atom stereocenters. The number of carbonyl (C=O) groups is 1. The summed E-state index contributed by atoms with van der Waals surface area (Å²) >= 11 is 6.02. The molecule has 110 valence electrons. The largest absolute Gasteiger partial charge is 0.478 e. The van der Waals surface area contributed by atoms with Gasteiger partial charge in [0, 0.05) is 10.6 Å². The molecule has 0 aliphatic heterocycles. The lowest BCUT2D eigenvalue weighted by Crippen LogP contribution is -1.98. The first-order valence-electron chi connectivity index (χ1n) is 6.57. The van der Waals surface area contributed by atoms with Crippen LogP contribution < -0.4 is 0 Å². The van der Waals surface area contributed by atoms with E-state index in [0.717, 1.165) is 22.5 Å². The molecule has 0 saturated heterocycles. The van der Waals surface area contributed by atoms with Crippen molar-refractivity contribution in [1.82, 2.24) is 15.0 Å². The summed E-state index contributed by atoms with van der Waals surface area (Å²) in [5, 5.41) is 17.8. The van der Waals surface area contributed by atoms with E-state index in [1.807, 2.05) is 25.1 Å². The number of nitrogens with zero attached hydrogens (tertiary/aromatic N) is 3. The second kappa shape index (κ2) is 5.61. The lowest BCUT2D eigenvalue weighted by Gasteiger charge is -2.01. The number of halogens is 1. The third kappa shape index (κ3) is 2.71. The van der Waals surface area contributed by atoms with Gasteiger partial charge in [0.2, 0.25) is 0 Å². The molecule has 1 aromatic heterocycles. The Hall–Kier alpha value is -2.66. The summed E-state index contributed by atoms with van der Waals surface area (Å²) < 4.78 is 1.60. The molecular weight excluding hydrogens is 302 g/mol. The molecule has 5 nitrogen and oxygen atoms in total. The summed E-state index contributed by atoms with van der Waals surface area (Å²) in [5.74, 6) is -0.956. The Balaban J connectivity index is 1.93. The fourth-order valence-corrected chi connectivity index (χ4v) is 2.20. The van der Waals surface area contributed by atoms with Crippen molar-refractivity contribution < 1.29 is 9.90 Å². The minimum atomic E-state index is -0.956. The van der Waals surface area contributed by atoms with Crippen LogP contribution in [-0.2, 0) is 0 Å². The molecule has 22 heavy (non-hydrogen) atoms. The second-order valence-corrected chi connectivity index (χ2v) is 5.27. The van der Waals surface area contributed by atoms with Gasteiger partial charge in [-0.05, 0) is 48.9 Å². The van der Waals surface area contributed by atoms with Gasteiger partial charge in [-0.3, -0.25) is 0 Å². The number of aromatic carboxylic acids is 1. The Bertz CT molecular complexity index is 841. The minimum Gasteiger partial charge on any atom is -0.478 e. The maximum Gasteiger partial charge on any atom is 0.335 e. The van der Waals surface area contributed by atoms with Gasteiger partial charge in [-0.15, -0.1) is 5.10 Å². The van der Waals surface area contributed by atoms with E-state index < -0.39 is 5.97 Å². The van der Waals surface area contributed by atoms with E-state index in [9.17, 15) is 4.79 Å². The van der Waals surface area contributed by atoms with Crippen LogP contribution in [0.1, 0.15) is 15.9 Å². The Kier molecular flexibility index (Phi) is 3.65. The summed E-state index contributed by atoms with van der Waals surface area (Å²) in [4.78, 5) is 10.9. The average Bonchev–Trinajstić information content (AvgIpc) is 3.00. The fourth-order valence-electron chi connectivity index (χ4n) is 2.08. The van der Waals surface area contributed by atoms with Gasteiger partial charge in [-0.2, -0.15) is 0 Å². The molecule has 0 aliphatic carbocycles. The highest BCUT2D eigenvalue weighted by molar-refractivity contribution is 6.31. The van der Waals surface area contributed by atoms with E-state index in [1.165, 1.54) is 12.1 Å². The number of carboxylic acids is 1. The molecule has 3 rings (SSSR count). The summed E-state index contributed by atoms with van der Waals surface area (Å²) in [6.45, 7) is 1.93. The zero-order chi connectivity index (χ0) is 15.7. The van der Waals surface area contributed by atoms with Crippen molar-refractivity contribution in [3.63, 3.8) is 0 Å². The first kappa shape index (κ1) is 14.3. The number of aryl methyl sites for hydroxylation is 1. The molecule has 2 aromatic carbocycles. The van der Waals surface area contributed by atoms with Gasteiger partial charge in [0.25, 0.3) is 0 Å². The molecule has 0 aliphatic rings. The van der Waals surface area contributed by atoms with Crippen LogP contribution in [-0.4, -0.2) is 26.1 Å². The summed E-state index contributed by atoms with van der Waals surface area (Å²) in [7, 11) is 0. The van der Waals surface area contributed by atoms with E-state index in [4.69, 9.17) is 16.7 Å². The summed E-state index contributed by atoms with van der Waals surface area (Å²) in [5.41, 5.74) is 3.60. The molecule has 1 N–H and O–H groups in total. The fraction of sp³-hybridized carbons (Fsp3) is 0.0625. The van der Waals surface area contributed by atoms with Gasteiger partial charge in [0.05, 0.1) is 17.4 Å². The van der Waals surface area contributed by atoms with Crippen molar-refractivity contribution in [1.29, 1.82) is 0 Å². The molecular formula is C16H12ClN3O2. The van der Waals surface area contributed by atoms with Gasteiger partial charge >= 0.3 is 5.97 Å². The van der Waals surface area contributed by atoms with Crippen LogP contribution in [0.2, 0.25) is 5.02 Å². The third-order valence-corrected chi connectivity index (χ3v) is 3.75. The van der Waals surface area contributed by atoms with Gasteiger partial charge in [0.1, 0.15) is 5.69 Å². The Labute approximate surface area is 131 Å². The number of benzene rings is 2. The summed E-state index contributed by atoms with van der Waals surface area (Å²) in [6, 6.07) is 12.1. The third-order valence-electron chi connectivity index (χ3n) is 3.33. The van der Waals surface area contributed by atoms with Crippen molar-refractivity contribution in [3.05, 3.63) is 64.8 Å². The molecule has 0 atom stereocenters. The summed E-state index contributed by atoms with van der Waals surface area (Å²) in [6.07, 6.45) is 1.79. The Morgan fingerprint density at radius 2 is 1.91 bits per heavy atom. The number of rotatable bonds is 3. The van der Waals surface area contributed by atoms with Gasteiger partial charge in [-0.1, -0.05) is 22.9 Å². The minimum absolute atomic E-state index is 0.234. The maximum atomic E-state index is 10.9. The predicted octanol–water partition coefficient (Wildman–Crippen LogP) is 3.59. The Morgan fingerprint density at radius 1 is 1.18 bits per heavy atom. The molecule has 1 heterocycles. The zero-order valence-corrected chi connectivity index (χ0v) is 12.4. The number of aromatic nitrogens is 3. The van der Waals surface area contributed by atoms with Gasteiger partial charge < -0.3 is 5.11 Å². The highest BCUT2D eigenvalue weighted by Gasteiger charge is 2.08. The standard InChI is InChI=1S/C16H12ClN3O2/c1-10-8-12(4-7-14(10)17)15-9-20(19-18-15)13-5-2-11(3-6-13)16(21)22/h2-9H,1H3,(H,21,22). The molecule has 0 saturated carbocycles. The monoisotopic (exact) mass is 313 g/mol. The Morgan fingerprint density at radius 3 is 2.55 bits per heavy atom. The first-order valence-corrected chi connectivity index (χ1v) is 6.95. The van der Waals surface area contributed by atoms with Crippen LogP contribution in [0.4, 0.5) is 0 Å². The van der Waals surface area contributed by atoms with E-state index in [-0.39, 0.29) is 5.56 Å². The lowest BCUT2D eigenvalue weighted by atomic mass is 10.1. The topological polar surface area (TPSA) is 68.0 Å². The normalized spacial score (nSPS) is 10.6. The van der Waals surface area contributed by atoms with Crippen LogP contribution >= 0.6 is 11.6 Å². The molecule has 3 aromatic rings. The molecule has 0 radical (unpaired) electrons. The molecule has 0 bridgehead atoms. The van der Waals surface area contributed by atoms with E-state index in [0.29, 0.717) is 5.02 Å². The van der Waals surface area contributed by atoms with Crippen LogP contribution in [0.5, 0.6) is 0 Å². The number of hydrogen-bond donors (Lipinski definition) is 1. The van der Waals surface area contributed by atoms with Gasteiger partial charge in [-0.25, -0.2) is 9.48 Å². The van der Waals surface area contributed by atoms with Crippen LogP contribution in [0.15, 0.2) is 48.7 Å². The first-order chi connectivity index (χ1) is 10.5. The average molecular weight is 314 g/mol. The maximum absolute atomic E-state index is 10.9. The highest BCUT2D eigenvalue weighted by atomic mass is 35.5. The van der Waals surface area contributed by atoms with Crippen molar-refractivity contribution in [2.45, 2.75) is 6.92 Å². The van der Waals surface area contributed by atoms with Gasteiger partial charge in [0.15, 0.2) is 0 Å². The smallest absolute Gasteiger partial charge is 0.335 e. The molecule has 6 heteroatoms. The highest BCUT2D eigenvalue weighted by Crippen LogP contribution is 2.23. The molecule has 0 fully saturated rings. The number of carboxylic acid groups (broad SMARTS) is 1. The van der Waals surface area contributed by atoms with Crippen molar-refractivity contribution in [2.24, 2.45) is 0 Å². The van der Waals surface area contributed by atoms with Crippen molar-refractivity contribution in [3.8, 4) is 16.9 Å². The van der Waals surface area contributed by atoms with Crippen LogP contribution in [0.3, 0.4) is 0 Å². The van der Waals surface area contributed by atoms with Crippen molar-refractivity contribution in [2.75, 3.05) is 0 Å². The zero-order valence-electron chi connectivity index (χ0n) is 11.7. The van der Waals surface area contributed by atoms with Crippen LogP contribution in [0, 0.1) is 6.92 Å². The predicted molar refractivity (Wildman–Crippen MR) is 83.5 cm³/mol. The molecule has 0 amide bonds. The molecule has 0 spiro atoms. The van der Waals surface area contributed by atoms with Crippen molar-refractivity contribution >= 4 is 17.6 Å². The SMILES string of the molecule is Cc1cc(-c2cn(-c3ccc(C(=O)O)cc3)nn2)ccc1Cl. The van der Waals surface area contributed by atoms with E-state index in [1.54, 1.807) is 23.0 Å². The van der Waals surface area contributed by atoms with Crippen LogP contribution in [0.25, 0.3) is 16.9 Å². The quantitative estimate of drug-likeness (QED) is 0.802. The second-order valence-electron chi connectivity index (χ2n) is 4.86. The lowest BCUT2D eigenvalue weighted by molar-refractivity contribution is 0.0697. The van der Waals surface area contributed by atoms with E-state index in [2.05, 4.69) is 10.3 Å². The van der Waals surface area contributed by atoms with E-state index >= 15 is 0 Å².